The quantitative estimate of drug-likeness (QED) is 0.630. The van der Waals surface area contributed by atoms with Crippen molar-refractivity contribution in [1.82, 2.24) is 20.2 Å². The number of alkyl halides is 2. The van der Waals surface area contributed by atoms with E-state index in [4.69, 9.17) is 5.84 Å². The minimum atomic E-state index is -2.50. The van der Waals surface area contributed by atoms with Gasteiger partial charge in [-0.1, -0.05) is 0 Å². The minimum Gasteiger partial charge on any atom is -0.271 e. The van der Waals surface area contributed by atoms with Crippen LogP contribution < -0.4 is 11.3 Å². The fraction of sp³-hybridized carbons (Fsp3) is 0.833. The second-order valence-corrected chi connectivity index (χ2v) is 5.16. The van der Waals surface area contributed by atoms with Crippen LogP contribution in [-0.4, -0.2) is 26.7 Å². The zero-order chi connectivity index (χ0) is 13.9. The van der Waals surface area contributed by atoms with Crippen molar-refractivity contribution < 1.29 is 8.78 Å². The van der Waals surface area contributed by atoms with Gasteiger partial charge < -0.3 is 0 Å². The molecule has 1 atom stereocenters. The van der Waals surface area contributed by atoms with Crippen LogP contribution in [0.2, 0.25) is 0 Å². The van der Waals surface area contributed by atoms with Crippen molar-refractivity contribution in [2.75, 3.05) is 0 Å². The summed E-state index contributed by atoms with van der Waals surface area (Å²) in [5.41, 5.74) is 2.76. The third-order valence-corrected chi connectivity index (χ3v) is 3.94. The number of nitrogens with one attached hydrogen (secondary N) is 1. The largest absolute Gasteiger partial charge is 0.271 e. The minimum absolute atomic E-state index is 0.0226. The van der Waals surface area contributed by atoms with E-state index in [1.807, 2.05) is 11.6 Å². The molecule has 7 heteroatoms. The molecule has 1 saturated carbocycles. The number of nitrogens with two attached hydrogens (primary N) is 1. The standard InChI is InChI=1S/C12H21F2N5/c1-2-19-11(16-8-17-19)7-10(18-15)9-3-5-12(13,14)6-4-9/h8-10,18H,2-7,15H2,1H3. The van der Waals surface area contributed by atoms with Gasteiger partial charge in [0.25, 0.3) is 0 Å². The van der Waals surface area contributed by atoms with Crippen LogP contribution >= 0.6 is 0 Å². The lowest BCUT2D eigenvalue weighted by atomic mass is 9.81. The molecule has 0 aromatic carbocycles. The van der Waals surface area contributed by atoms with Gasteiger partial charge in [0.15, 0.2) is 0 Å². The van der Waals surface area contributed by atoms with Crippen molar-refractivity contribution in [3.63, 3.8) is 0 Å². The topological polar surface area (TPSA) is 68.8 Å². The van der Waals surface area contributed by atoms with Crippen molar-refractivity contribution in [3.05, 3.63) is 12.2 Å². The molecule has 1 aromatic heterocycles. The van der Waals surface area contributed by atoms with Crippen molar-refractivity contribution in [2.24, 2.45) is 11.8 Å². The van der Waals surface area contributed by atoms with Crippen LogP contribution in [0.4, 0.5) is 8.78 Å². The van der Waals surface area contributed by atoms with E-state index in [-0.39, 0.29) is 24.8 Å². The van der Waals surface area contributed by atoms with E-state index in [0.717, 1.165) is 12.4 Å². The van der Waals surface area contributed by atoms with Gasteiger partial charge in [0.1, 0.15) is 12.2 Å². The fourth-order valence-corrected chi connectivity index (χ4v) is 2.73. The second kappa shape index (κ2) is 5.92. The molecule has 1 aliphatic carbocycles. The van der Waals surface area contributed by atoms with Gasteiger partial charge in [0.2, 0.25) is 5.92 Å². The lowest BCUT2D eigenvalue weighted by molar-refractivity contribution is -0.0496. The van der Waals surface area contributed by atoms with Gasteiger partial charge in [-0.15, -0.1) is 0 Å². The summed E-state index contributed by atoms with van der Waals surface area (Å²) < 4.78 is 28.1. The first-order valence-corrected chi connectivity index (χ1v) is 6.76. The summed E-state index contributed by atoms with van der Waals surface area (Å²) in [5.74, 6) is 4.11. The van der Waals surface area contributed by atoms with Gasteiger partial charge in [0.05, 0.1) is 0 Å². The summed E-state index contributed by atoms with van der Waals surface area (Å²) >= 11 is 0. The molecule has 5 nitrogen and oxygen atoms in total. The van der Waals surface area contributed by atoms with Gasteiger partial charge >= 0.3 is 0 Å². The smallest absolute Gasteiger partial charge is 0.248 e. The van der Waals surface area contributed by atoms with Gasteiger partial charge in [-0.25, -0.2) is 13.8 Å². The average molecular weight is 273 g/mol. The maximum Gasteiger partial charge on any atom is 0.248 e. The molecule has 108 valence electrons. The Hall–Kier alpha value is -1.08. The summed E-state index contributed by atoms with van der Waals surface area (Å²) in [4.78, 5) is 4.21. The second-order valence-electron chi connectivity index (χ2n) is 5.16. The molecule has 0 saturated heterocycles. The maximum atomic E-state index is 13.2. The zero-order valence-electron chi connectivity index (χ0n) is 11.1. The number of hydrazine groups is 1. The molecule has 19 heavy (non-hydrogen) atoms. The van der Waals surface area contributed by atoms with Crippen molar-refractivity contribution in [1.29, 1.82) is 0 Å². The van der Waals surface area contributed by atoms with Gasteiger partial charge in [-0.05, 0) is 25.7 Å². The Morgan fingerprint density at radius 3 is 2.79 bits per heavy atom. The van der Waals surface area contributed by atoms with E-state index in [0.29, 0.717) is 19.3 Å². The monoisotopic (exact) mass is 273 g/mol. The molecular weight excluding hydrogens is 252 g/mol. The van der Waals surface area contributed by atoms with Crippen molar-refractivity contribution in [3.8, 4) is 0 Å². The van der Waals surface area contributed by atoms with E-state index in [2.05, 4.69) is 15.5 Å². The molecule has 1 aromatic rings. The highest BCUT2D eigenvalue weighted by Gasteiger charge is 2.37. The van der Waals surface area contributed by atoms with E-state index in [9.17, 15) is 8.78 Å². The number of hydrogen-bond donors (Lipinski definition) is 2. The first-order chi connectivity index (χ1) is 9.05. The van der Waals surface area contributed by atoms with E-state index in [1.54, 1.807) is 0 Å². The molecule has 0 aliphatic heterocycles. The third kappa shape index (κ3) is 3.48. The van der Waals surface area contributed by atoms with E-state index >= 15 is 0 Å². The Kier molecular flexibility index (Phi) is 4.46. The van der Waals surface area contributed by atoms with Crippen LogP contribution in [0, 0.1) is 5.92 Å². The van der Waals surface area contributed by atoms with Gasteiger partial charge in [0, 0.05) is 31.8 Å². The molecule has 0 radical (unpaired) electrons. The predicted molar refractivity (Wildman–Crippen MR) is 67.4 cm³/mol. The molecule has 0 amide bonds. The molecule has 0 spiro atoms. The Morgan fingerprint density at radius 2 is 2.21 bits per heavy atom. The van der Waals surface area contributed by atoms with Crippen LogP contribution in [0.5, 0.6) is 0 Å². The van der Waals surface area contributed by atoms with Crippen LogP contribution in [0.25, 0.3) is 0 Å². The lowest BCUT2D eigenvalue weighted by Crippen LogP contribution is -2.45. The number of hydrogen-bond acceptors (Lipinski definition) is 4. The summed E-state index contributed by atoms with van der Waals surface area (Å²) in [6, 6.07) is -0.0226. The lowest BCUT2D eigenvalue weighted by Gasteiger charge is -2.33. The first-order valence-electron chi connectivity index (χ1n) is 6.76. The Balaban J connectivity index is 1.97. The van der Waals surface area contributed by atoms with Gasteiger partial charge in [-0.3, -0.25) is 16.0 Å². The number of halogens is 2. The summed E-state index contributed by atoms with van der Waals surface area (Å²) in [6.07, 6.45) is 3.05. The molecule has 1 fully saturated rings. The average Bonchev–Trinajstić information content (AvgIpc) is 2.83. The molecule has 2 rings (SSSR count). The normalized spacial score (nSPS) is 21.5. The molecule has 1 unspecified atom stereocenters. The summed E-state index contributed by atoms with van der Waals surface area (Å²) in [6.45, 7) is 2.74. The highest BCUT2D eigenvalue weighted by molar-refractivity contribution is 4.93. The highest BCUT2D eigenvalue weighted by Crippen LogP contribution is 2.37. The number of rotatable bonds is 5. The highest BCUT2D eigenvalue weighted by atomic mass is 19.3. The van der Waals surface area contributed by atoms with Crippen LogP contribution in [0.3, 0.4) is 0 Å². The SMILES string of the molecule is CCn1ncnc1CC(NN)C1CCC(F)(F)CC1. The first kappa shape index (κ1) is 14.3. The Bertz CT molecular complexity index is 397. The van der Waals surface area contributed by atoms with Crippen LogP contribution in [-0.2, 0) is 13.0 Å². The molecule has 1 aliphatic rings. The van der Waals surface area contributed by atoms with Crippen molar-refractivity contribution >= 4 is 0 Å². The van der Waals surface area contributed by atoms with E-state index < -0.39 is 5.92 Å². The van der Waals surface area contributed by atoms with E-state index in [1.165, 1.54) is 6.33 Å². The van der Waals surface area contributed by atoms with Gasteiger partial charge in [-0.2, -0.15) is 5.10 Å². The molecule has 3 N–H and O–H groups in total. The molecular formula is C12H21F2N5. The number of nitrogens with zero attached hydrogens (tertiary/aromatic N) is 3. The molecule has 1 heterocycles. The Labute approximate surface area is 111 Å². The zero-order valence-corrected chi connectivity index (χ0v) is 11.1. The number of aromatic nitrogens is 3. The third-order valence-electron chi connectivity index (χ3n) is 3.94. The van der Waals surface area contributed by atoms with Crippen LogP contribution in [0.15, 0.2) is 6.33 Å². The number of aryl methyl sites for hydroxylation is 1. The Morgan fingerprint density at radius 1 is 1.53 bits per heavy atom. The molecule has 0 bridgehead atoms. The van der Waals surface area contributed by atoms with Crippen molar-refractivity contribution in [2.45, 2.75) is 57.5 Å². The summed E-state index contributed by atoms with van der Waals surface area (Å²) in [7, 11) is 0. The van der Waals surface area contributed by atoms with Crippen LogP contribution in [0.1, 0.15) is 38.4 Å². The summed E-state index contributed by atoms with van der Waals surface area (Å²) in [5, 5.41) is 4.11. The fourth-order valence-electron chi connectivity index (χ4n) is 2.73. The predicted octanol–water partition coefficient (Wildman–Crippen LogP) is 1.50. The maximum absolute atomic E-state index is 13.2.